The summed E-state index contributed by atoms with van der Waals surface area (Å²) >= 11 is 0. The van der Waals surface area contributed by atoms with Crippen LogP contribution in [0.3, 0.4) is 0 Å². The third-order valence-electron chi connectivity index (χ3n) is 2.78. The number of nitrogens with zero attached hydrogens (tertiary/aromatic N) is 2. The Morgan fingerprint density at radius 1 is 1.40 bits per heavy atom. The van der Waals surface area contributed by atoms with Crippen LogP contribution in [0.1, 0.15) is 30.7 Å². The zero-order valence-electron chi connectivity index (χ0n) is 10.9. The molecule has 20 heavy (non-hydrogen) atoms. The fourth-order valence-corrected chi connectivity index (χ4v) is 1.64. The van der Waals surface area contributed by atoms with Crippen molar-refractivity contribution in [3.05, 3.63) is 53.6 Å². The lowest BCUT2D eigenvalue weighted by Gasteiger charge is -2.09. The number of benzene rings is 1. The summed E-state index contributed by atoms with van der Waals surface area (Å²) in [6.45, 7) is 1.85. The lowest BCUT2D eigenvalue weighted by molar-refractivity contribution is 0.169. The van der Waals surface area contributed by atoms with Gasteiger partial charge in [-0.2, -0.15) is 5.26 Å². The van der Waals surface area contributed by atoms with Gasteiger partial charge in [-0.05, 0) is 36.8 Å². The predicted molar refractivity (Wildman–Crippen MR) is 70.7 cm³/mol. The van der Waals surface area contributed by atoms with Crippen LogP contribution in [0.4, 0.5) is 4.39 Å². The molecule has 0 saturated heterocycles. The zero-order valence-corrected chi connectivity index (χ0v) is 10.9. The number of hydrogen-bond acceptors (Lipinski definition) is 4. The van der Waals surface area contributed by atoms with Crippen LogP contribution < -0.4 is 4.74 Å². The Bertz CT molecular complexity index is 635. The van der Waals surface area contributed by atoms with Crippen molar-refractivity contribution in [3.63, 3.8) is 0 Å². The van der Waals surface area contributed by atoms with E-state index in [1.54, 1.807) is 12.1 Å². The molecule has 1 aromatic carbocycles. The van der Waals surface area contributed by atoms with Crippen molar-refractivity contribution >= 4 is 0 Å². The van der Waals surface area contributed by atoms with Crippen LogP contribution >= 0.6 is 0 Å². The summed E-state index contributed by atoms with van der Waals surface area (Å²) in [5, 5.41) is 18.3. The standard InChI is InChI=1S/C15H13FN2O2/c1-2-14(19)13-5-4-11(9-18-13)20-15-6-3-10(8-17)7-12(15)16/h3-7,9,14,19H,2H2,1H3/t14-/m1/s1. The first-order valence-corrected chi connectivity index (χ1v) is 6.15. The third-order valence-corrected chi connectivity index (χ3v) is 2.78. The summed E-state index contributed by atoms with van der Waals surface area (Å²) in [6.07, 6.45) is 1.37. The summed E-state index contributed by atoms with van der Waals surface area (Å²) in [5.74, 6) is -0.225. The van der Waals surface area contributed by atoms with Crippen molar-refractivity contribution in [2.75, 3.05) is 0 Å². The highest BCUT2D eigenvalue weighted by atomic mass is 19.1. The van der Waals surface area contributed by atoms with E-state index >= 15 is 0 Å². The summed E-state index contributed by atoms with van der Waals surface area (Å²) in [6, 6.07) is 9.06. The van der Waals surface area contributed by atoms with Crippen molar-refractivity contribution in [2.24, 2.45) is 0 Å². The molecule has 2 rings (SSSR count). The topological polar surface area (TPSA) is 66.1 Å². The Labute approximate surface area is 116 Å². The van der Waals surface area contributed by atoms with Crippen LogP contribution in [0.15, 0.2) is 36.5 Å². The SMILES string of the molecule is CC[C@@H](O)c1ccc(Oc2ccc(C#N)cc2F)cn1. The van der Waals surface area contributed by atoms with Gasteiger partial charge in [-0.3, -0.25) is 4.98 Å². The van der Waals surface area contributed by atoms with Gasteiger partial charge in [-0.25, -0.2) is 4.39 Å². The van der Waals surface area contributed by atoms with Gasteiger partial charge in [0.05, 0.1) is 29.6 Å². The van der Waals surface area contributed by atoms with Crippen molar-refractivity contribution in [1.29, 1.82) is 5.26 Å². The van der Waals surface area contributed by atoms with Gasteiger partial charge in [-0.1, -0.05) is 6.92 Å². The van der Waals surface area contributed by atoms with E-state index in [-0.39, 0.29) is 11.3 Å². The minimum absolute atomic E-state index is 0.0228. The van der Waals surface area contributed by atoms with Gasteiger partial charge >= 0.3 is 0 Å². The summed E-state index contributed by atoms with van der Waals surface area (Å²) in [4.78, 5) is 4.06. The molecule has 0 saturated carbocycles. The number of rotatable bonds is 4. The highest BCUT2D eigenvalue weighted by Crippen LogP contribution is 2.25. The van der Waals surface area contributed by atoms with E-state index in [1.807, 2.05) is 13.0 Å². The van der Waals surface area contributed by atoms with E-state index in [0.717, 1.165) is 6.07 Å². The number of aromatic nitrogens is 1. The number of pyridine rings is 1. The molecule has 0 radical (unpaired) electrons. The Balaban J connectivity index is 2.16. The third kappa shape index (κ3) is 3.11. The van der Waals surface area contributed by atoms with Crippen LogP contribution in [-0.4, -0.2) is 10.1 Å². The molecule has 4 nitrogen and oxygen atoms in total. The second-order valence-corrected chi connectivity index (χ2v) is 4.20. The van der Waals surface area contributed by atoms with E-state index in [9.17, 15) is 9.50 Å². The number of ether oxygens (including phenoxy) is 1. The van der Waals surface area contributed by atoms with Gasteiger partial charge in [0, 0.05) is 0 Å². The number of nitriles is 1. The average molecular weight is 272 g/mol. The van der Waals surface area contributed by atoms with Gasteiger partial charge in [0.1, 0.15) is 5.75 Å². The van der Waals surface area contributed by atoms with Gasteiger partial charge in [-0.15, -0.1) is 0 Å². The van der Waals surface area contributed by atoms with E-state index in [0.29, 0.717) is 17.9 Å². The minimum Gasteiger partial charge on any atom is -0.453 e. The molecule has 0 unspecified atom stereocenters. The molecule has 102 valence electrons. The first-order chi connectivity index (χ1) is 9.63. The Hall–Kier alpha value is -2.45. The van der Waals surface area contributed by atoms with E-state index in [2.05, 4.69) is 4.98 Å². The Morgan fingerprint density at radius 3 is 2.75 bits per heavy atom. The summed E-state index contributed by atoms with van der Waals surface area (Å²) < 4.78 is 19.0. The molecular weight excluding hydrogens is 259 g/mol. The van der Waals surface area contributed by atoms with Crippen LogP contribution in [0.25, 0.3) is 0 Å². The molecule has 1 heterocycles. The molecular formula is C15H13FN2O2. The molecule has 0 fully saturated rings. The molecule has 1 atom stereocenters. The van der Waals surface area contributed by atoms with Crippen LogP contribution in [0, 0.1) is 17.1 Å². The van der Waals surface area contributed by atoms with Crippen LogP contribution in [0.2, 0.25) is 0 Å². The highest BCUT2D eigenvalue weighted by molar-refractivity contribution is 5.38. The average Bonchev–Trinajstić information content (AvgIpc) is 2.49. The molecule has 2 aromatic rings. The van der Waals surface area contributed by atoms with E-state index in [4.69, 9.17) is 10.00 Å². The van der Waals surface area contributed by atoms with Gasteiger partial charge in [0.15, 0.2) is 11.6 Å². The van der Waals surface area contributed by atoms with Crippen molar-refractivity contribution in [3.8, 4) is 17.6 Å². The van der Waals surface area contributed by atoms with E-state index < -0.39 is 11.9 Å². The Kier molecular flexibility index (Phi) is 4.28. The normalized spacial score (nSPS) is 11.7. The quantitative estimate of drug-likeness (QED) is 0.927. The molecule has 0 amide bonds. The number of aliphatic hydroxyl groups excluding tert-OH is 1. The second-order valence-electron chi connectivity index (χ2n) is 4.20. The Morgan fingerprint density at radius 2 is 2.20 bits per heavy atom. The molecule has 1 aromatic heterocycles. The van der Waals surface area contributed by atoms with Gasteiger partial charge in [0.2, 0.25) is 0 Å². The lowest BCUT2D eigenvalue weighted by atomic mass is 10.2. The fourth-order valence-electron chi connectivity index (χ4n) is 1.64. The lowest BCUT2D eigenvalue weighted by Crippen LogP contribution is -1.98. The van der Waals surface area contributed by atoms with E-state index in [1.165, 1.54) is 18.3 Å². The highest BCUT2D eigenvalue weighted by Gasteiger charge is 2.09. The molecule has 0 bridgehead atoms. The molecule has 0 aliphatic rings. The minimum atomic E-state index is -0.615. The molecule has 1 N–H and O–H groups in total. The van der Waals surface area contributed by atoms with Crippen molar-refractivity contribution in [2.45, 2.75) is 19.4 Å². The zero-order chi connectivity index (χ0) is 14.5. The maximum Gasteiger partial charge on any atom is 0.167 e. The number of hydrogen-bond donors (Lipinski definition) is 1. The molecule has 0 aliphatic carbocycles. The van der Waals surface area contributed by atoms with Gasteiger partial charge in [0.25, 0.3) is 0 Å². The maximum atomic E-state index is 13.6. The summed E-state index contributed by atoms with van der Waals surface area (Å²) in [7, 11) is 0. The van der Waals surface area contributed by atoms with Gasteiger partial charge < -0.3 is 9.84 Å². The summed E-state index contributed by atoms with van der Waals surface area (Å²) in [5.41, 5.74) is 0.773. The van der Waals surface area contributed by atoms with Crippen molar-refractivity contribution < 1.29 is 14.2 Å². The first-order valence-electron chi connectivity index (χ1n) is 6.15. The number of halogens is 1. The van der Waals surface area contributed by atoms with Crippen LogP contribution in [0.5, 0.6) is 11.5 Å². The fraction of sp³-hybridized carbons (Fsp3) is 0.200. The number of aliphatic hydroxyl groups is 1. The smallest absolute Gasteiger partial charge is 0.167 e. The van der Waals surface area contributed by atoms with Crippen LogP contribution in [-0.2, 0) is 0 Å². The van der Waals surface area contributed by atoms with Crippen molar-refractivity contribution in [1.82, 2.24) is 4.98 Å². The monoisotopic (exact) mass is 272 g/mol. The molecule has 0 spiro atoms. The molecule has 0 aliphatic heterocycles. The second kappa shape index (κ2) is 6.13. The molecule has 5 heteroatoms. The largest absolute Gasteiger partial charge is 0.453 e. The predicted octanol–water partition coefficient (Wildman–Crippen LogP) is 3.33. The maximum absolute atomic E-state index is 13.6. The first kappa shape index (κ1) is 14.0.